The van der Waals surface area contributed by atoms with E-state index in [1.165, 1.54) is 11.3 Å². The third-order valence-electron chi connectivity index (χ3n) is 2.56. The Morgan fingerprint density at radius 2 is 2.30 bits per heavy atom. The van der Waals surface area contributed by atoms with E-state index in [2.05, 4.69) is 10.3 Å². The lowest BCUT2D eigenvalue weighted by Crippen LogP contribution is -2.32. The van der Waals surface area contributed by atoms with Crippen molar-refractivity contribution in [3.63, 3.8) is 0 Å². The van der Waals surface area contributed by atoms with E-state index in [0.717, 1.165) is 9.88 Å². The molecule has 2 N–H and O–H groups in total. The van der Waals surface area contributed by atoms with Gasteiger partial charge in [-0.2, -0.15) is 0 Å². The van der Waals surface area contributed by atoms with E-state index >= 15 is 0 Å². The molecule has 110 valence electrons. The fourth-order valence-electron chi connectivity index (χ4n) is 1.68. The molecule has 2 heterocycles. The summed E-state index contributed by atoms with van der Waals surface area (Å²) in [5, 5.41) is 15.6. The van der Waals surface area contributed by atoms with Gasteiger partial charge in [-0.1, -0.05) is 6.07 Å². The summed E-state index contributed by atoms with van der Waals surface area (Å²) in [5.74, 6) is -0.262. The van der Waals surface area contributed by atoms with Crippen LogP contribution in [0, 0.1) is 6.92 Å². The standard InChI is InChI=1S/C12H16N2O3S3/c1-9-14-7-11(19-9)6-13-5-10(15)8-20(16,17)12-3-2-4-18-12/h2-4,7,10,13,15H,5-6,8H2,1H3. The molecule has 0 radical (unpaired) electrons. The molecule has 0 aromatic carbocycles. The molecule has 8 heteroatoms. The van der Waals surface area contributed by atoms with Crippen LogP contribution >= 0.6 is 22.7 Å². The van der Waals surface area contributed by atoms with Crippen LogP contribution in [-0.4, -0.2) is 36.9 Å². The van der Waals surface area contributed by atoms with Crippen LogP contribution < -0.4 is 5.32 Å². The summed E-state index contributed by atoms with van der Waals surface area (Å²) >= 11 is 2.75. The smallest absolute Gasteiger partial charge is 0.190 e. The molecule has 0 saturated heterocycles. The Labute approximate surface area is 126 Å². The van der Waals surface area contributed by atoms with Crippen LogP contribution in [0.3, 0.4) is 0 Å². The second-order valence-electron chi connectivity index (χ2n) is 4.34. The molecule has 0 aliphatic carbocycles. The van der Waals surface area contributed by atoms with Gasteiger partial charge in [0.25, 0.3) is 0 Å². The van der Waals surface area contributed by atoms with Crippen molar-refractivity contribution in [3.05, 3.63) is 33.6 Å². The van der Waals surface area contributed by atoms with Crippen LogP contribution in [-0.2, 0) is 16.4 Å². The molecule has 5 nitrogen and oxygen atoms in total. The lowest BCUT2D eigenvalue weighted by Gasteiger charge is -2.11. The minimum atomic E-state index is -3.39. The van der Waals surface area contributed by atoms with Crippen molar-refractivity contribution in [1.29, 1.82) is 0 Å². The van der Waals surface area contributed by atoms with Gasteiger partial charge in [0, 0.05) is 24.2 Å². The highest BCUT2D eigenvalue weighted by atomic mass is 32.2. The molecule has 0 bridgehead atoms. The van der Waals surface area contributed by atoms with Crippen LogP contribution in [0.1, 0.15) is 9.88 Å². The van der Waals surface area contributed by atoms with Gasteiger partial charge in [0.15, 0.2) is 9.84 Å². The van der Waals surface area contributed by atoms with E-state index in [1.807, 2.05) is 6.92 Å². The molecule has 2 aromatic heterocycles. The summed E-state index contributed by atoms with van der Waals surface area (Å²) < 4.78 is 24.2. The van der Waals surface area contributed by atoms with E-state index in [-0.39, 0.29) is 12.3 Å². The molecule has 20 heavy (non-hydrogen) atoms. The number of sulfone groups is 1. The molecule has 1 unspecified atom stereocenters. The molecule has 0 aliphatic heterocycles. The van der Waals surface area contributed by atoms with E-state index in [1.54, 1.807) is 35.0 Å². The van der Waals surface area contributed by atoms with Gasteiger partial charge >= 0.3 is 0 Å². The van der Waals surface area contributed by atoms with E-state index in [4.69, 9.17) is 0 Å². The van der Waals surface area contributed by atoms with Crippen molar-refractivity contribution in [3.8, 4) is 0 Å². The number of thiazole rings is 1. The van der Waals surface area contributed by atoms with Crippen molar-refractivity contribution in [2.45, 2.75) is 23.8 Å². The molecule has 0 amide bonds. The number of aryl methyl sites for hydroxylation is 1. The SMILES string of the molecule is Cc1ncc(CNCC(O)CS(=O)(=O)c2cccs2)s1. The first-order valence-corrected chi connectivity index (χ1v) is 9.38. The largest absolute Gasteiger partial charge is 0.391 e. The van der Waals surface area contributed by atoms with Gasteiger partial charge < -0.3 is 10.4 Å². The lowest BCUT2D eigenvalue weighted by atomic mass is 10.4. The monoisotopic (exact) mass is 332 g/mol. The van der Waals surface area contributed by atoms with E-state index in [9.17, 15) is 13.5 Å². The number of hydrogen-bond acceptors (Lipinski definition) is 7. The summed E-state index contributed by atoms with van der Waals surface area (Å²) in [4.78, 5) is 5.19. The number of hydrogen-bond donors (Lipinski definition) is 2. The number of thiophene rings is 1. The van der Waals surface area contributed by atoms with Crippen LogP contribution in [0.4, 0.5) is 0 Å². The first-order valence-electron chi connectivity index (χ1n) is 6.04. The van der Waals surface area contributed by atoms with Gasteiger partial charge in [0.1, 0.15) is 4.21 Å². The van der Waals surface area contributed by atoms with Gasteiger partial charge in [0.05, 0.1) is 16.9 Å². The van der Waals surface area contributed by atoms with Crippen molar-refractivity contribution < 1.29 is 13.5 Å². The summed E-state index contributed by atoms with van der Waals surface area (Å²) in [6.45, 7) is 2.75. The Hall–Kier alpha value is -0.800. The Morgan fingerprint density at radius 1 is 1.50 bits per heavy atom. The van der Waals surface area contributed by atoms with Gasteiger partial charge in [-0.05, 0) is 18.4 Å². The van der Waals surface area contributed by atoms with Crippen molar-refractivity contribution in [2.75, 3.05) is 12.3 Å². The summed E-state index contributed by atoms with van der Waals surface area (Å²) in [7, 11) is -3.39. The van der Waals surface area contributed by atoms with Crippen molar-refractivity contribution in [2.24, 2.45) is 0 Å². The first-order chi connectivity index (χ1) is 9.47. The third kappa shape index (κ3) is 4.35. The summed E-state index contributed by atoms with van der Waals surface area (Å²) in [5.41, 5.74) is 0. The normalized spacial score (nSPS) is 13.5. The first kappa shape index (κ1) is 15.6. The van der Waals surface area contributed by atoms with Crippen LogP contribution in [0.25, 0.3) is 0 Å². The Morgan fingerprint density at radius 3 is 2.90 bits per heavy atom. The maximum Gasteiger partial charge on any atom is 0.190 e. The van der Waals surface area contributed by atoms with E-state index < -0.39 is 15.9 Å². The number of rotatable bonds is 7. The zero-order valence-electron chi connectivity index (χ0n) is 10.9. The average Bonchev–Trinajstić information content (AvgIpc) is 3.00. The second kappa shape index (κ2) is 6.77. The maximum atomic E-state index is 12.0. The Kier molecular flexibility index (Phi) is 5.28. The highest BCUT2D eigenvalue weighted by Gasteiger charge is 2.20. The van der Waals surface area contributed by atoms with Crippen molar-refractivity contribution in [1.82, 2.24) is 10.3 Å². The molecule has 1 atom stereocenters. The average molecular weight is 332 g/mol. The van der Waals surface area contributed by atoms with Crippen LogP contribution in [0.15, 0.2) is 27.9 Å². The highest BCUT2D eigenvalue weighted by Crippen LogP contribution is 2.18. The number of aromatic nitrogens is 1. The maximum absolute atomic E-state index is 12.0. The molecule has 2 rings (SSSR count). The third-order valence-corrected chi connectivity index (χ3v) is 6.76. The zero-order chi connectivity index (χ0) is 14.6. The molecule has 2 aromatic rings. The Balaban J connectivity index is 1.79. The van der Waals surface area contributed by atoms with Gasteiger partial charge in [-0.15, -0.1) is 22.7 Å². The predicted molar refractivity (Wildman–Crippen MR) is 80.9 cm³/mol. The zero-order valence-corrected chi connectivity index (χ0v) is 13.4. The van der Waals surface area contributed by atoms with Gasteiger partial charge in [-0.25, -0.2) is 13.4 Å². The molecule has 0 spiro atoms. The number of nitrogens with zero attached hydrogens (tertiary/aromatic N) is 1. The van der Waals surface area contributed by atoms with Crippen LogP contribution in [0.5, 0.6) is 0 Å². The lowest BCUT2D eigenvalue weighted by molar-refractivity contribution is 0.193. The quantitative estimate of drug-likeness (QED) is 0.802. The molecular weight excluding hydrogens is 316 g/mol. The van der Waals surface area contributed by atoms with Gasteiger partial charge in [-0.3, -0.25) is 0 Å². The van der Waals surface area contributed by atoms with Crippen molar-refractivity contribution >= 4 is 32.5 Å². The summed E-state index contributed by atoms with van der Waals surface area (Å²) in [6.07, 6.45) is 0.859. The predicted octanol–water partition coefficient (Wildman–Crippen LogP) is 1.44. The fourth-order valence-corrected chi connectivity index (χ4v) is 4.93. The number of aliphatic hydroxyl groups excluding tert-OH is 1. The minimum absolute atomic E-state index is 0.238. The highest BCUT2D eigenvalue weighted by molar-refractivity contribution is 7.93. The molecule has 0 fully saturated rings. The number of aliphatic hydroxyl groups is 1. The van der Waals surface area contributed by atoms with Gasteiger partial charge in [0.2, 0.25) is 0 Å². The molecular formula is C12H16N2O3S3. The van der Waals surface area contributed by atoms with Crippen LogP contribution in [0.2, 0.25) is 0 Å². The molecule has 0 aliphatic rings. The second-order valence-corrected chi connectivity index (χ2v) is 8.87. The van der Waals surface area contributed by atoms with E-state index in [0.29, 0.717) is 10.8 Å². The Bertz CT molecular complexity index is 635. The number of nitrogens with one attached hydrogen (secondary N) is 1. The summed E-state index contributed by atoms with van der Waals surface area (Å²) in [6, 6.07) is 3.24. The molecule has 0 saturated carbocycles. The topological polar surface area (TPSA) is 79.3 Å². The fraction of sp³-hybridized carbons (Fsp3) is 0.417. The minimum Gasteiger partial charge on any atom is -0.391 e.